The lowest BCUT2D eigenvalue weighted by atomic mass is 10.2. The minimum Gasteiger partial charge on any atom is -0.491 e. The molecule has 3 heteroatoms. The Kier molecular flexibility index (Phi) is 8.77. The van der Waals surface area contributed by atoms with Crippen molar-refractivity contribution in [2.45, 2.75) is 26.8 Å². The summed E-state index contributed by atoms with van der Waals surface area (Å²) in [6.07, 6.45) is 5.12. The van der Waals surface area contributed by atoms with Crippen LogP contribution < -0.4 is 10.1 Å². The van der Waals surface area contributed by atoms with Crippen LogP contribution in [0.25, 0.3) is 0 Å². The maximum absolute atomic E-state index is 5.66. The molecule has 0 spiro atoms. The Morgan fingerprint density at radius 2 is 2.16 bits per heavy atom. The third kappa shape index (κ3) is 7.65. The summed E-state index contributed by atoms with van der Waals surface area (Å²) in [5.41, 5.74) is 1.25. The first-order valence-corrected chi connectivity index (χ1v) is 6.98. The molecular weight excluding hydrogens is 238 g/mol. The van der Waals surface area contributed by atoms with Crippen LogP contribution in [0.4, 0.5) is 0 Å². The monoisotopic (exact) mass is 263 g/mol. The molecule has 1 aromatic carbocycles. The highest BCUT2D eigenvalue weighted by Gasteiger charge is 1.97. The van der Waals surface area contributed by atoms with Crippen LogP contribution >= 0.6 is 0 Å². The van der Waals surface area contributed by atoms with Crippen molar-refractivity contribution in [3.63, 3.8) is 0 Å². The van der Waals surface area contributed by atoms with Gasteiger partial charge in [-0.05, 0) is 37.6 Å². The second-order valence-electron chi connectivity index (χ2n) is 4.32. The van der Waals surface area contributed by atoms with Crippen molar-refractivity contribution < 1.29 is 9.47 Å². The lowest BCUT2D eigenvalue weighted by Gasteiger charge is -2.08. The molecule has 0 bridgehead atoms. The van der Waals surface area contributed by atoms with E-state index in [1.54, 1.807) is 0 Å². The van der Waals surface area contributed by atoms with Crippen LogP contribution in [0.15, 0.2) is 36.4 Å². The SMILES string of the molecule is CC=CCOCCOc1cccc(CNCCC)c1. The van der Waals surface area contributed by atoms with Crippen molar-refractivity contribution in [2.75, 3.05) is 26.4 Å². The van der Waals surface area contributed by atoms with Gasteiger partial charge >= 0.3 is 0 Å². The van der Waals surface area contributed by atoms with Crippen molar-refractivity contribution in [1.82, 2.24) is 5.32 Å². The van der Waals surface area contributed by atoms with Crippen molar-refractivity contribution >= 4 is 0 Å². The topological polar surface area (TPSA) is 30.5 Å². The second-order valence-corrected chi connectivity index (χ2v) is 4.32. The van der Waals surface area contributed by atoms with E-state index in [2.05, 4.69) is 24.4 Å². The van der Waals surface area contributed by atoms with Crippen LogP contribution in [0, 0.1) is 0 Å². The molecule has 0 saturated heterocycles. The molecule has 0 heterocycles. The van der Waals surface area contributed by atoms with E-state index in [4.69, 9.17) is 9.47 Å². The van der Waals surface area contributed by atoms with Crippen LogP contribution in [0.2, 0.25) is 0 Å². The van der Waals surface area contributed by atoms with Gasteiger partial charge in [0.15, 0.2) is 0 Å². The van der Waals surface area contributed by atoms with Crippen molar-refractivity contribution in [2.24, 2.45) is 0 Å². The normalized spacial score (nSPS) is 11.1. The van der Waals surface area contributed by atoms with E-state index < -0.39 is 0 Å². The molecule has 0 atom stereocenters. The van der Waals surface area contributed by atoms with Gasteiger partial charge in [0.05, 0.1) is 13.2 Å². The molecule has 0 radical (unpaired) electrons. The van der Waals surface area contributed by atoms with Gasteiger partial charge in [0, 0.05) is 6.54 Å². The average Bonchev–Trinajstić information content (AvgIpc) is 2.43. The van der Waals surface area contributed by atoms with E-state index in [0.717, 1.165) is 25.3 Å². The molecule has 1 N–H and O–H groups in total. The maximum Gasteiger partial charge on any atom is 0.119 e. The van der Waals surface area contributed by atoms with E-state index in [9.17, 15) is 0 Å². The van der Waals surface area contributed by atoms with Gasteiger partial charge in [-0.25, -0.2) is 0 Å². The molecule has 0 unspecified atom stereocenters. The number of hydrogen-bond donors (Lipinski definition) is 1. The number of ether oxygens (including phenoxy) is 2. The zero-order valence-corrected chi connectivity index (χ0v) is 12.0. The molecule has 19 heavy (non-hydrogen) atoms. The molecule has 0 fully saturated rings. The first-order valence-electron chi connectivity index (χ1n) is 6.98. The summed E-state index contributed by atoms with van der Waals surface area (Å²) in [5.74, 6) is 0.908. The number of rotatable bonds is 10. The zero-order valence-electron chi connectivity index (χ0n) is 12.0. The van der Waals surface area contributed by atoms with E-state index >= 15 is 0 Å². The van der Waals surface area contributed by atoms with Crippen molar-refractivity contribution in [1.29, 1.82) is 0 Å². The first-order chi connectivity index (χ1) is 9.36. The van der Waals surface area contributed by atoms with Crippen molar-refractivity contribution in [3.8, 4) is 5.75 Å². The lowest BCUT2D eigenvalue weighted by molar-refractivity contribution is 0.121. The largest absolute Gasteiger partial charge is 0.491 e. The number of benzene rings is 1. The van der Waals surface area contributed by atoms with Gasteiger partial charge in [-0.1, -0.05) is 31.2 Å². The summed E-state index contributed by atoms with van der Waals surface area (Å²) in [5, 5.41) is 3.38. The molecule has 0 aliphatic rings. The van der Waals surface area contributed by atoms with E-state index in [0.29, 0.717) is 19.8 Å². The fourth-order valence-corrected chi connectivity index (χ4v) is 1.62. The molecule has 1 rings (SSSR count). The minimum atomic E-state index is 0.587. The van der Waals surface area contributed by atoms with Crippen LogP contribution in [0.1, 0.15) is 25.8 Å². The smallest absolute Gasteiger partial charge is 0.119 e. The molecule has 0 aliphatic heterocycles. The molecule has 3 nitrogen and oxygen atoms in total. The standard InChI is InChI=1S/C16H25NO2/c1-3-5-10-18-11-12-19-16-8-6-7-15(13-16)14-17-9-4-2/h3,5-8,13,17H,4,9-12,14H2,1-2H3. The van der Waals surface area contributed by atoms with Crippen LogP contribution in [-0.2, 0) is 11.3 Å². The van der Waals surface area contributed by atoms with Gasteiger partial charge in [0.2, 0.25) is 0 Å². The maximum atomic E-state index is 5.66. The quantitative estimate of drug-likeness (QED) is 0.519. The summed E-state index contributed by atoms with van der Waals surface area (Å²) in [7, 11) is 0. The fourth-order valence-electron chi connectivity index (χ4n) is 1.62. The Bertz CT molecular complexity index is 364. The predicted octanol–water partition coefficient (Wildman–Crippen LogP) is 3.16. The van der Waals surface area contributed by atoms with Crippen LogP contribution in [0.3, 0.4) is 0 Å². The Labute approximate surface area is 116 Å². The third-order valence-electron chi connectivity index (χ3n) is 2.60. The van der Waals surface area contributed by atoms with E-state index in [1.807, 2.05) is 31.2 Å². The number of nitrogens with one attached hydrogen (secondary N) is 1. The zero-order chi connectivity index (χ0) is 13.8. The Morgan fingerprint density at radius 3 is 2.95 bits per heavy atom. The lowest BCUT2D eigenvalue weighted by Crippen LogP contribution is -2.13. The average molecular weight is 263 g/mol. The first kappa shape index (κ1) is 15.7. The molecule has 0 amide bonds. The predicted molar refractivity (Wildman–Crippen MR) is 79.6 cm³/mol. The van der Waals surface area contributed by atoms with Gasteiger partial charge in [0.1, 0.15) is 12.4 Å². The van der Waals surface area contributed by atoms with Crippen LogP contribution in [-0.4, -0.2) is 26.4 Å². The summed E-state index contributed by atoms with van der Waals surface area (Å²) >= 11 is 0. The number of hydrogen-bond acceptors (Lipinski definition) is 3. The van der Waals surface area contributed by atoms with Gasteiger partial charge in [-0.3, -0.25) is 0 Å². The van der Waals surface area contributed by atoms with Crippen LogP contribution in [0.5, 0.6) is 5.75 Å². The van der Waals surface area contributed by atoms with Gasteiger partial charge in [0.25, 0.3) is 0 Å². The highest BCUT2D eigenvalue weighted by Crippen LogP contribution is 2.13. The molecule has 106 valence electrons. The summed E-state index contributed by atoms with van der Waals surface area (Å²) in [6, 6.07) is 8.20. The third-order valence-corrected chi connectivity index (χ3v) is 2.60. The Morgan fingerprint density at radius 1 is 1.26 bits per heavy atom. The summed E-state index contributed by atoms with van der Waals surface area (Å²) in [4.78, 5) is 0. The van der Waals surface area contributed by atoms with E-state index in [1.165, 1.54) is 5.56 Å². The molecule has 0 aliphatic carbocycles. The molecule has 1 aromatic rings. The molecule has 0 aromatic heterocycles. The minimum absolute atomic E-state index is 0.587. The number of allylic oxidation sites excluding steroid dienone is 1. The summed E-state index contributed by atoms with van der Waals surface area (Å²) in [6.45, 7) is 7.94. The van der Waals surface area contributed by atoms with Gasteiger partial charge in [-0.2, -0.15) is 0 Å². The molecule has 0 saturated carbocycles. The summed E-state index contributed by atoms with van der Waals surface area (Å²) < 4.78 is 11.0. The Balaban J connectivity index is 2.23. The molecular formula is C16H25NO2. The highest BCUT2D eigenvalue weighted by molar-refractivity contribution is 5.28. The van der Waals surface area contributed by atoms with E-state index in [-0.39, 0.29) is 0 Å². The fraction of sp³-hybridized carbons (Fsp3) is 0.500. The highest BCUT2D eigenvalue weighted by atomic mass is 16.5. The van der Waals surface area contributed by atoms with Gasteiger partial charge in [-0.15, -0.1) is 0 Å². The van der Waals surface area contributed by atoms with Crippen molar-refractivity contribution in [3.05, 3.63) is 42.0 Å². The second kappa shape index (κ2) is 10.6. The van der Waals surface area contributed by atoms with Gasteiger partial charge < -0.3 is 14.8 Å². The Hall–Kier alpha value is -1.32.